The summed E-state index contributed by atoms with van der Waals surface area (Å²) in [6, 6.07) is 0. The fraction of sp³-hybridized carbons (Fsp3) is 0.778. The Balaban J connectivity index is 4.31. The molecule has 0 spiro atoms. The van der Waals surface area contributed by atoms with Gasteiger partial charge in [-0.1, -0.05) is 26.0 Å². The van der Waals surface area contributed by atoms with E-state index in [-0.39, 0.29) is 5.54 Å². The van der Waals surface area contributed by atoms with Crippen molar-refractivity contribution in [3.63, 3.8) is 0 Å². The molecule has 10 heavy (non-hydrogen) atoms. The Labute approximate surface area is 64.5 Å². The van der Waals surface area contributed by atoms with Crippen LogP contribution in [-0.2, 0) is 0 Å². The Morgan fingerprint density at radius 2 is 1.80 bits per heavy atom. The zero-order chi connectivity index (χ0) is 8.20. The van der Waals surface area contributed by atoms with E-state index in [0.29, 0.717) is 0 Å². The first-order chi connectivity index (χ1) is 4.63. The van der Waals surface area contributed by atoms with Crippen molar-refractivity contribution in [3.05, 3.63) is 12.2 Å². The van der Waals surface area contributed by atoms with Gasteiger partial charge in [0.15, 0.2) is 0 Å². The highest BCUT2D eigenvalue weighted by molar-refractivity contribution is 5.12. The zero-order valence-electron chi connectivity index (χ0n) is 7.62. The average molecular weight is 141 g/mol. The fourth-order valence-corrected chi connectivity index (χ4v) is 1.42. The normalized spacial score (nSPS) is 11.6. The quantitative estimate of drug-likeness (QED) is 0.592. The van der Waals surface area contributed by atoms with Gasteiger partial charge in [-0.05, 0) is 26.8 Å². The van der Waals surface area contributed by atoms with E-state index in [2.05, 4.69) is 32.7 Å². The van der Waals surface area contributed by atoms with Gasteiger partial charge in [0.2, 0.25) is 0 Å². The van der Waals surface area contributed by atoms with Gasteiger partial charge in [0.1, 0.15) is 0 Å². The van der Waals surface area contributed by atoms with Gasteiger partial charge >= 0.3 is 0 Å². The molecule has 0 aliphatic rings. The van der Waals surface area contributed by atoms with E-state index in [9.17, 15) is 0 Å². The molecule has 60 valence electrons. The molecule has 1 heteroatoms. The Morgan fingerprint density at radius 1 is 1.40 bits per heavy atom. The van der Waals surface area contributed by atoms with E-state index in [0.717, 1.165) is 12.8 Å². The van der Waals surface area contributed by atoms with Crippen LogP contribution in [0.3, 0.4) is 0 Å². The second-order valence-electron chi connectivity index (χ2n) is 2.82. The minimum Gasteiger partial charge on any atom is -0.311 e. The molecular formula is C9H19N. The van der Waals surface area contributed by atoms with E-state index in [1.807, 2.05) is 7.05 Å². The van der Waals surface area contributed by atoms with E-state index in [1.165, 1.54) is 5.57 Å². The molecule has 0 saturated heterocycles. The third-order valence-corrected chi connectivity index (χ3v) is 2.50. The van der Waals surface area contributed by atoms with Crippen molar-refractivity contribution in [2.24, 2.45) is 0 Å². The number of rotatable bonds is 4. The monoisotopic (exact) mass is 141 g/mol. The lowest BCUT2D eigenvalue weighted by Crippen LogP contribution is -2.42. The van der Waals surface area contributed by atoms with Crippen molar-refractivity contribution >= 4 is 0 Å². The van der Waals surface area contributed by atoms with Crippen LogP contribution in [0.5, 0.6) is 0 Å². The third kappa shape index (κ3) is 1.60. The third-order valence-electron chi connectivity index (χ3n) is 2.50. The summed E-state index contributed by atoms with van der Waals surface area (Å²) in [6.07, 6.45) is 2.24. The predicted molar refractivity (Wildman–Crippen MR) is 47.2 cm³/mol. The Hall–Kier alpha value is -0.300. The summed E-state index contributed by atoms with van der Waals surface area (Å²) in [5, 5.41) is 3.31. The Bertz CT molecular complexity index is 104. The second kappa shape index (κ2) is 3.77. The van der Waals surface area contributed by atoms with E-state index >= 15 is 0 Å². The van der Waals surface area contributed by atoms with Crippen molar-refractivity contribution in [2.75, 3.05) is 7.05 Å². The van der Waals surface area contributed by atoms with Gasteiger partial charge in [0.05, 0.1) is 0 Å². The molecule has 0 atom stereocenters. The summed E-state index contributed by atoms with van der Waals surface area (Å²) < 4.78 is 0. The Morgan fingerprint density at radius 3 is 1.80 bits per heavy atom. The second-order valence-corrected chi connectivity index (χ2v) is 2.82. The topological polar surface area (TPSA) is 12.0 Å². The van der Waals surface area contributed by atoms with Gasteiger partial charge < -0.3 is 5.32 Å². The van der Waals surface area contributed by atoms with Gasteiger partial charge in [0, 0.05) is 5.54 Å². The van der Waals surface area contributed by atoms with Crippen LogP contribution in [0.15, 0.2) is 12.2 Å². The first-order valence-electron chi connectivity index (χ1n) is 3.97. The van der Waals surface area contributed by atoms with Gasteiger partial charge in [-0.25, -0.2) is 0 Å². The molecular weight excluding hydrogens is 122 g/mol. The molecule has 0 bridgehead atoms. The predicted octanol–water partition coefficient (Wildman–Crippen LogP) is 2.34. The summed E-state index contributed by atoms with van der Waals surface area (Å²) in [5.41, 5.74) is 1.42. The molecule has 0 heterocycles. The van der Waals surface area contributed by atoms with Gasteiger partial charge in [-0.15, -0.1) is 0 Å². The maximum Gasteiger partial charge on any atom is 0.0380 e. The van der Waals surface area contributed by atoms with Gasteiger partial charge in [-0.3, -0.25) is 0 Å². The molecule has 0 aliphatic carbocycles. The van der Waals surface area contributed by atoms with E-state index in [1.54, 1.807) is 0 Å². The molecule has 0 aromatic heterocycles. The standard InChI is InChI=1S/C9H19N/c1-6-9(7-2,10-5)8(3)4/h10H,3,6-7H2,1-2,4-5H3. The summed E-state index contributed by atoms with van der Waals surface area (Å²) in [4.78, 5) is 0. The highest BCUT2D eigenvalue weighted by atomic mass is 14.9. The maximum absolute atomic E-state index is 3.98. The minimum absolute atomic E-state index is 0.181. The van der Waals surface area contributed by atoms with Crippen molar-refractivity contribution in [2.45, 2.75) is 39.2 Å². The summed E-state index contributed by atoms with van der Waals surface area (Å²) in [6.45, 7) is 10.4. The zero-order valence-corrected chi connectivity index (χ0v) is 7.62. The summed E-state index contributed by atoms with van der Waals surface area (Å²) in [5.74, 6) is 0. The molecule has 0 fully saturated rings. The van der Waals surface area contributed by atoms with Crippen molar-refractivity contribution < 1.29 is 0 Å². The van der Waals surface area contributed by atoms with E-state index in [4.69, 9.17) is 0 Å². The average Bonchev–Trinajstić information content (AvgIpc) is 1.92. The number of hydrogen-bond donors (Lipinski definition) is 1. The molecule has 0 saturated carbocycles. The first-order valence-corrected chi connectivity index (χ1v) is 3.97. The summed E-state index contributed by atoms with van der Waals surface area (Å²) >= 11 is 0. The lowest BCUT2D eigenvalue weighted by Gasteiger charge is -2.31. The molecule has 0 rings (SSSR count). The minimum atomic E-state index is 0.181. The lowest BCUT2D eigenvalue weighted by atomic mass is 9.86. The largest absolute Gasteiger partial charge is 0.311 e. The molecule has 1 nitrogen and oxygen atoms in total. The number of likely N-dealkylation sites (N-methyl/N-ethyl adjacent to an activating group) is 1. The van der Waals surface area contributed by atoms with Crippen molar-refractivity contribution in [1.82, 2.24) is 5.32 Å². The molecule has 1 N–H and O–H groups in total. The number of nitrogens with one attached hydrogen (secondary N) is 1. The lowest BCUT2D eigenvalue weighted by molar-refractivity contribution is 0.385. The van der Waals surface area contributed by atoms with Crippen LogP contribution in [-0.4, -0.2) is 12.6 Å². The van der Waals surface area contributed by atoms with Crippen LogP contribution >= 0.6 is 0 Å². The van der Waals surface area contributed by atoms with Crippen LogP contribution in [0.1, 0.15) is 33.6 Å². The fourth-order valence-electron chi connectivity index (χ4n) is 1.42. The molecule has 0 aliphatic heterocycles. The SMILES string of the molecule is C=C(C)C(CC)(CC)NC. The highest BCUT2D eigenvalue weighted by Gasteiger charge is 2.23. The van der Waals surface area contributed by atoms with Gasteiger partial charge in [-0.2, -0.15) is 0 Å². The van der Waals surface area contributed by atoms with Crippen LogP contribution < -0.4 is 5.32 Å². The van der Waals surface area contributed by atoms with Crippen LogP contribution in [0.4, 0.5) is 0 Å². The van der Waals surface area contributed by atoms with Crippen molar-refractivity contribution in [1.29, 1.82) is 0 Å². The summed E-state index contributed by atoms with van der Waals surface area (Å²) in [7, 11) is 2.00. The van der Waals surface area contributed by atoms with E-state index < -0.39 is 0 Å². The first kappa shape index (κ1) is 9.70. The van der Waals surface area contributed by atoms with Crippen LogP contribution in [0.25, 0.3) is 0 Å². The van der Waals surface area contributed by atoms with Crippen LogP contribution in [0, 0.1) is 0 Å². The van der Waals surface area contributed by atoms with Crippen molar-refractivity contribution in [3.8, 4) is 0 Å². The van der Waals surface area contributed by atoms with Crippen LogP contribution in [0.2, 0.25) is 0 Å². The molecule has 0 aromatic carbocycles. The van der Waals surface area contributed by atoms with Gasteiger partial charge in [0.25, 0.3) is 0 Å². The molecule has 0 radical (unpaired) electrons. The number of hydrogen-bond acceptors (Lipinski definition) is 1. The molecule has 0 amide bonds. The Kier molecular flexibility index (Phi) is 3.66. The molecule has 0 aromatic rings. The smallest absolute Gasteiger partial charge is 0.0380 e. The highest BCUT2D eigenvalue weighted by Crippen LogP contribution is 2.22. The molecule has 0 unspecified atom stereocenters. The maximum atomic E-state index is 3.98.